The summed E-state index contributed by atoms with van der Waals surface area (Å²) in [4.78, 5) is 17.0. The highest BCUT2D eigenvalue weighted by Crippen LogP contribution is 2.30. The number of hydrogen-bond acceptors (Lipinski definition) is 4. The van der Waals surface area contributed by atoms with Crippen LogP contribution in [0.15, 0.2) is 66.7 Å². The van der Waals surface area contributed by atoms with E-state index in [1.807, 2.05) is 0 Å². The molecule has 1 aliphatic heterocycles. The quantitative estimate of drug-likeness (QED) is 0.278. The lowest BCUT2D eigenvalue weighted by atomic mass is 9.86. The molecule has 3 aromatic carbocycles. The molecule has 8 heteroatoms. The Hall–Kier alpha value is -3.23. The predicted octanol–water partition coefficient (Wildman–Crippen LogP) is 5.81. The van der Waals surface area contributed by atoms with Gasteiger partial charge in [0.1, 0.15) is 29.8 Å². The van der Waals surface area contributed by atoms with Gasteiger partial charge < -0.3 is 4.74 Å². The van der Waals surface area contributed by atoms with Crippen LogP contribution in [0.3, 0.4) is 0 Å². The molecule has 38 heavy (non-hydrogen) atoms. The van der Waals surface area contributed by atoms with E-state index in [1.54, 1.807) is 24.3 Å². The van der Waals surface area contributed by atoms with Gasteiger partial charge in [0.25, 0.3) is 0 Å². The van der Waals surface area contributed by atoms with Crippen LogP contribution >= 0.6 is 0 Å². The first-order chi connectivity index (χ1) is 18.4. The smallest absolute Gasteiger partial charge is 0.167 e. The molecule has 0 N–H and O–H groups in total. The first-order valence-electron chi connectivity index (χ1n) is 12.9. The Kier molecular flexibility index (Phi) is 9.90. The van der Waals surface area contributed by atoms with Crippen molar-refractivity contribution in [3.8, 4) is 5.75 Å². The maximum Gasteiger partial charge on any atom is 0.167 e. The van der Waals surface area contributed by atoms with Crippen LogP contribution in [0.2, 0.25) is 0 Å². The van der Waals surface area contributed by atoms with Crippen LogP contribution in [0, 0.1) is 23.3 Å². The van der Waals surface area contributed by atoms with Gasteiger partial charge in [0.05, 0.1) is 6.54 Å². The van der Waals surface area contributed by atoms with Crippen LogP contribution in [0.4, 0.5) is 17.6 Å². The van der Waals surface area contributed by atoms with Crippen molar-refractivity contribution >= 4 is 5.78 Å². The largest absolute Gasteiger partial charge is 0.489 e. The molecule has 4 nitrogen and oxygen atoms in total. The fraction of sp³-hybridized carbons (Fsp3) is 0.367. The number of ketones is 1. The highest BCUT2D eigenvalue weighted by Gasteiger charge is 2.20. The molecule has 1 aliphatic rings. The molecule has 0 bridgehead atoms. The van der Waals surface area contributed by atoms with Crippen LogP contribution in [0.25, 0.3) is 0 Å². The number of ether oxygens (including phenoxy) is 1. The summed E-state index contributed by atoms with van der Waals surface area (Å²) in [6.07, 6.45) is 1.82. The molecule has 1 heterocycles. The lowest BCUT2D eigenvalue weighted by Crippen LogP contribution is -2.48. The molecule has 1 saturated heterocycles. The fourth-order valence-electron chi connectivity index (χ4n) is 4.80. The normalized spacial score (nSPS) is 14.7. The standard InChI is InChI=1S/C30H32F4N2O2/c31-24-8-4-22(5-9-24)28(23-6-10-25(32)11-7-23)3-1-2-27(37)21-36-16-14-35(15-17-36)18-19-38-30-13-12-26(33)20-29(30)34/h4-13,20,28H,1-3,14-19,21H2. The molecule has 0 atom stereocenters. The van der Waals surface area contributed by atoms with E-state index in [9.17, 15) is 22.4 Å². The Bertz CT molecular complexity index is 1130. The zero-order chi connectivity index (χ0) is 26.9. The molecule has 0 radical (unpaired) electrons. The van der Waals surface area contributed by atoms with E-state index in [1.165, 1.54) is 36.4 Å². The number of hydrogen-bond donors (Lipinski definition) is 0. The number of benzene rings is 3. The lowest BCUT2D eigenvalue weighted by Gasteiger charge is -2.34. The molecule has 202 valence electrons. The van der Waals surface area contributed by atoms with Gasteiger partial charge in [-0.25, -0.2) is 17.6 Å². The van der Waals surface area contributed by atoms with Crippen molar-refractivity contribution in [2.75, 3.05) is 45.9 Å². The SMILES string of the molecule is O=C(CCCC(c1ccc(F)cc1)c1ccc(F)cc1)CN1CCN(CCOc2ccc(F)cc2F)CC1. The average Bonchev–Trinajstić information content (AvgIpc) is 2.90. The minimum atomic E-state index is -0.713. The number of piperazine rings is 1. The van der Waals surface area contributed by atoms with Gasteiger partial charge in [-0.2, -0.15) is 0 Å². The minimum Gasteiger partial charge on any atom is -0.489 e. The average molecular weight is 529 g/mol. The monoisotopic (exact) mass is 528 g/mol. The summed E-state index contributed by atoms with van der Waals surface area (Å²) in [5.74, 6) is -1.80. The summed E-state index contributed by atoms with van der Waals surface area (Å²) in [7, 11) is 0. The van der Waals surface area contributed by atoms with Gasteiger partial charge in [0.15, 0.2) is 11.6 Å². The lowest BCUT2D eigenvalue weighted by molar-refractivity contribution is -0.120. The fourth-order valence-corrected chi connectivity index (χ4v) is 4.80. The highest BCUT2D eigenvalue weighted by molar-refractivity contribution is 5.80. The van der Waals surface area contributed by atoms with Crippen molar-refractivity contribution in [3.05, 3.63) is 101 Å². The minimum absolute atomic E-state index is 0.0386. The molecular weight excluding hydrogens is 496 g/mol. The molecule has 0 amide bonds. The Morgan fingerprint density at radius 1 is 0.763 bits per heavy atom. The first-order valence-corrected chi connectivity index (χ1v) is 12.9. The van der Waals surface area contributed by atoms with Crippen molar-refractivity contribution in [2.45, 2.75) is 25.2 Å². The Morgan fingerprint density at radius 3 is 1.89 bits per heavy atom. The van der Waals surface area contributed by atoms with Crippen LogP contribution in [0.1, 0.15) is 36.3 Å². The van der Waals surface area contributed by atoms with E-state index in [0.29, 0.717) is 39.0 Å². The summed E-state index contributed by atoms with van der Waals surface area (Å²) < 4.78 is 59.0. The third-order valence-corrected chi connectivity index (χ3v) is 6.92. The van der Waals surface area contributed by atoms with Gasteiger partial charge in [-0.3, -0.25) is 14.6 Å². The van der Waals surface area contributed by atoms with E-state index in [2.05, 4.69) is 9.80 Å². The van der Waals surface area contributed by atoms with Gasteiger partial charge >= 0.3 is 0 Å². The van der Waals surface area contributed by atoms with E-state index < -0.39 is 11.6 Å². The highest BCUT2D eigenvalue weighted by atomic mass is 19.1. The van der Waals surface area contributed by atoms with Gasteiger partial charge in [-0.05, 0) is 60.4 Å². The van der Waals surface area contributed by atoms with Crippen molar-refractivity contribution in [1.29, 1.82) is 0 Å². The summed E-state index contributed by atoms with van der Waals surface area (Å²) >= 11 is 0. The van der Waals surface area contributed by atoms with Gasteiger partial charge in [0.2, 0.25) is 0 Å². The van der Waals surface area contributed by atoms with Gasteiger partial charge in [-0.15, -0.1) is 0 Å². The molecule has 0 aliphatic carbocycles. The maximum atomic E-state index is 13.7. The van der Waals surface area contributed by atoms with Crippen molar-refractivity contribution in [1.82, 2.24) is 9.80 Å². The van der Waals surface area contributed by atoms with Crippen LogP contribution in [0.5, 0.6) is 5.75 Å². The molecular formula is C30H32F4N2O2. The van der Waals surface area contributed by atoms with E-state index in [-0.39, 0.29) is 29.1 Å². The summed E-state index contributed by atoms with van der Waals surface area (Å²) in [5.41, 5.74) is 1.88. The molecule has 0 unspecified atom stereocenters. The summed E-state index contributed by atoms with van der Waals surface area (Å²) in [6.45, 7) is 4.37. The van der Waals surface area contributed by atoms with E-state index >= 15 is 0 Å². The molecule has 0 saturated carbocycles. The zero-order valence-corrected chi connectivity index (χ0v) is 21.2. The third kappa shape index (κ3) is 8.13. The molecule has 3 aromatic rings. The van der Waals surface area contributed by atoms with Crippen molar-refractivity contribution in [2.24, 2.45) is 0 Å². The predicted molar refractivity (Wildman–Crippen MR) is 138 cm³/mol. The second kappa shape index (κ2) is 13.5. The Labute approximate surface area is 220 Å². The van der Waals surface area contributed by atoms with Gasteiger partial charge in [0, 0.05) is 51.1 Å². The van der Waals surface area contributed by atoms with Crippen molar-refractivity contribution < 1.29 is 27.1 Å². The van der Waals surface area contributed by atoms with Gasteiger partial charge in [-0.1, -0.05) is 24.3 Å². The second-order valence-corrected chi connectivity index (χ2v) is 9.63. The number of carbonyl (C=O) groups is 1. The molecule has 4 rings (SSSR count). The Morgan fingerprint density at radius 2 is 1.32 bits per heavy atom. The van der Waals surface area contributed by atoms with E-state index in [0.717, 1.165) is 43.4 Å². The van der Waals surface area contributed by atoms with Crippen molar-refractivity contribution in [3.63, 3.8) is 0 Å². The number of carbonyl (C=O) groups excluding carboxylic acids is 1. The number of halogens is 4. The maximum absolute atomic E-state index is 13.7. The number of nitrogens with zero attached hydrogens (tertiary/aromatic N) is 2. The van der Waals surface area contributed by atoms with Crippen LogP contribution in [-0.2, 0) is 4.79 Å². The van der Waals surface area contributed by atoms with E-state index in [4.69, 9.17) is 4.74 Å². The molecule has 1 fully saturated rings. The summed E-state index contributed by atoms with van der Waals surface area (Å²) in [5, 5.41) is 0. The Balaban J connectivity index is 1.18. The summed E-state index contributed by atoms with van der Waals surface area (Å²) in [6, 6.07) is 15.9. The topological polar surface area (TPSA) is 32.8 Å². The first kappa shape index (κ1) is 27.8. The molecule has 0 aromatic heterocycles. The zero-order valence-electron chi connectivity index (χ0n) is 21.2. The second-order valence-electron chi connectivity index (χ2n) is 9.63. The van der Waals surface area contributed by atoms with Crippen LogP contribution < -0.4 is 4.74 Å². The number of Topliss-reactive ketones (excluding diaryl/α,β-unsaturated/α-hetero) is 1. The molecule has 0 spiro atoms. The number of rotatable bonds is 12. The third-order valence-electron chi connectivity index (χ3n) is 6.92. The van der Waals surface area contributed by atoms with Crippen LogP contribution in [-0.4, -0.2) is 61.5 Å².